The van der Waals surface area contributed by atoms with Gasteiger partial charge >= 0.3 is 0 Å². The molecule has 0 aliphatic rings. The van der Waals surface area contributed by atoms with Gasteiger partial charge in [0, 0.05) is 6.54 Å². The second-order valence-corrected chi connectivity index (χ2v) is 4.92. The number of thiocarbonyl (C=S) groups is 1. The molecule has 0 heterocycles. The number of hydrogen-bond acceptors (Lipinski definition) is 2. The van der Waals surface area contributed by atoms with Crippen LogP contribution in [-0.2, 0) is 6.54 Å². The van der Waals surface area contributed by atoms with Crippen molar-refractivity contribution in [1.82, 2.24) is 10.3 Å². The van der Waals surface area contributed by atoms with Gasteiger partial charge in [0.15, 0.2) is 5.11 Å². The Morgan fingerprint density at radius 3 is 2.33 bits per heavy atom. The average Bonchev–Trinajstić information content (AvgIpc) is 2.53. The van der Waals surface area contributed by atoms with E-state index in [1.165, 1.54) is 5.56 Å². The number of hydrazone groups is 1. The summed E-state index contributed by atoms with van der Waals surface area (Å²) in [5.74, 6) is 0. The summed E-state index contributed by atoms with van der Waals surface area (Å²) in [6, 6.07) is 20.2. The lowest BCUT2D eigenvalue weighted by molar-refractivity contribution is 0.434. The Morgan fingerprint density at radius 1 is 1.10 bits per heavy atom. The molecule has 0 unspecified atom stereocenters. The number of nitrogens with one attached hydrogen (secondary N) is 1. The fraction of sp³-hybridized carbons (Fsp3) is 0.176. The van der Waals surface area contributed by atoms with Crippen LogP contribution < -0.4 is 5.32 Å². The van der Waals surface area contributed by atoms with Gasteiger partial charge in [-0.15, -0.1) is 0 Å². The Kier molecular flexibility index (Phi) is 5.91. The zero-order valence-electron chi connectivity index (χ0n) is 12.1. The van der Waals surface area contributed by atoms with Crippen LogP contribution in [0.3, 0.4) is 0 Å². The second-order valence-electron chi connectivity index (χ2n) is 4.53. The summed E-state index contributed by atoms with van der Waals surface area (Å²) in [5.41, 5.74) is 2.22. The lowest BCUT2D eigenvalue weighted by atomic mass is 10.2. The molecule has 0 saturated heterocycles. The van der Waals surface area contributed by atoms with Crippen LogP contribution in [0.25, 0.3) is 0 Å². The fourth-order valence-corrected chi connectivity index (χ4v) is 2.10. The van der Waals surface area contributed by atoms with Crippen molar-refractivity contribution in [2.75, 3.05) is 6.54 Å². The van der Waals surface area contributed by atoms with Crippen LogP contribution in [0.2, 0.25) is 0 Å². The van der Waals surface area contributed by atoms with Gasteiger partial charge in [0.25, 0.3) is 0 Å². The van der Waals surface area contributed by atoms with Crippen LogP contribution in [0.5, 0.6) is 0 Å². The van der Waals surface area contributed by atoms with E-state index in [1.807, 2.05) is 61.7 Å². The molecule has 2 aromatic carbocycles. The van der Waals surface area contributed by atoms with Crippen LogP contribution in [-0.4, -0.2) is 22.9 Å². The Morgan fingerprint density at radius 2 is 1.71 bits per heavy atom. The molecular formula is C17H19N3S. The van der Waals surface area contributed by atoms with Gasteiger partial charge in [-0.1, -0.05) is 60.7 Å². The fourth-order valence-electron chi connectivity index (χ4n) is 1.84. The predicted octanol–water partition coefficient (Wildman–Crippen LogP) is 3.42. The van der Waals surface area contributed by atoms with Crippen molar-refractivity contribution in [3.05, 3.63) is 71.8 Å². The number of benzene rings is 2. The van der Waals surface area contributed by atoms with Crippen molar-refractivity contribution in [2.45, 2.75) is 13.5 Å². The first-order chi connectivity index (χ1) is 10.3. The maximum absolute atomic E-state index is 5.39. The summed E-state index contributed by atoms with van der Waals surface area (Å²) in [6.07, 6.45) is 1.83. The Bertz CT molecular complexity index is 581. The summed E-state index contributed by atoms with van der Waals surface area (Å²) in [7, 11) is 0. The van der Waals surface area contributed by atoms with Crippen molar-refractivity contribution in [3.63, 3.8) is 0 Å². The zero-order valence-corrected chi connectivity index (χ0v) is 12.9. The van der Waals surface area contributed by atoms with Crippen LogP contribution >= 0.6 is 12.2 Å². The lowest BCUT2D eigenvalue weighted by Gasteiger charge is -2.20. The molecule has 0 amide bonds. The lowest BCUT2D eigenvalue weighted by Crippen LogP contribution is -2.35. The first-order valence-corrected chi connectivity index (χ1v) is 7.38. The maximum Gasteiger partial charge on any atom is 0.189 e. The van der Waals surface area contributed by atoms with Crippen LogP contribution in [0.1, 0.15) is 18.1 Å². The van der Waals surface area contributed by atoms with Crippen molar-refractivity contribution < 1.29 is 0 Å². The van der Waals surface area contributed by atoms with E-state index in [0.29, 0.717) is 11.7 Å². The Balaban J connectivity index is 2.12. The van der Waals surface area contributed by atoms with Crippen LogP contribution in [0.4, 0.5) is 0 Å². The summed E-state index contributed by atoms with van der Waals surface area (Å²) >= 11 is 5.39. The topological polar surface area (TPSA) is 27.6 Å². The smallest absolute Gasteiger partial charge is 0.189 e. The highest BCUT2D eigenvalue weighted by atomic mass is 32.1. The summed E-state index contributed by atoms with van der Waals surface area (Å²) in [4.78, 5) is 0. The van der Waals surface area contributed by atoms with Crippen molar-refractivity contribution in [1.29, 1.82) is 0 Å². The molecule has 2 aromatic rings. The van der Waals surface area contributed by atoms with Gasteiger partial charge in [0.1, 0.15) is 0 Å². The van der Waals surface area contributed by atoms with Crippen molar-refractivity contribution >= 4 is 23.5 Å². The summed E-state index contributed by atoms with van der Waals surface area (Å²) < 4.78 is 0. The minimum atomic E-state index is 0.633. The molecule has 0 bridgehead atoms. The Hall–Kier alpha value is -2.20. The van der Waals surface area contributed by atoms with E-state index in [1.54, 1.807) is 5.01 Å². The molecule has 0 fully saturated rings. The highest BCUT2D eigenvalue weighted by molar-refractivity contribution is 7.80. The molecule has 4 heteroatoms. The highest BCUT2D eigenvalue weighted by Crippen LogP contribution is 2.06. The molecule has 0 aliphatic heterocycles. The Labute approximate surface area is 131 Å². The van der Waals surface area contributed by atoms with E-state index in [0.717, 1.165) is 12.1 Å². The minimum absolute atomic E-state index is 0.633. The van der Waals surface area contributed by atoms with Gasteiger partial charge in [-0.25, -0.2) is 5.01 Å². The maximum atomic E-state index is 5.39. The molecule has 0 aromatic heterocycles. The predicted molar refractivity (Wildman–Crippen MR) is 92.3 cm³/mol. The largest absolute Gasteiger partial charge is 0.361 e. The second kappa shape index (κ2) is 8.17. The average molecular weight is 297 g/mol. The number of hydrogen-bond donors (Lipinski definition) is 1. The molecule has 0 atom stereocenters. The third kappa shape index (κ3) is 5.00. The number of rotatable bonds is 5. The molecule has 0 radical (unpaired) electrons. The van der Waals surface area contributed by atoms with Gasteiger partial charge in [-0.2, -0.15) is 5.10 Å². The van der Waals surface area contributed by atoms with Crippen molar-refractivity contribution in [3.8, 4) is 0 Å². The van der Waals surface area contributed by atoms with E-state index in [9.17, 15) is 0 Å². The molecule has 1 N–H and O–H groups in total. The van der Waals surface area contributed by atoms with E-state index in [-0.39, 0.29) is 0 Å². The summed E-state index contributed by atoms with van der Waals surface area (Å²) in [6.45, 7) is 3.45. The highest BCUT2D eigenvalue weighted by Gasteiger charge is 2.07. The van der Waals surface area contributed by atoms with Gasteiger partial charge < -0.3 is 5.32 Å². The summed E-state index contributed by atoms with van der Waals surface area (Å²) in [5, 5.41) is 10.1. The molecule has 0 aliphatic carbocycles. The first kappa shape index (κ1) is 15.2. The van der Waals surface area contributed by atoms with Gasteiger partial charge in [-0.3, -0.25) is 0 Å². The van der Waals surface area contributed by atoms with Gasteiger partial charge in [0.2, 0.25) is 0 Å². The van der Waals surface area contributed by atoms with Crippen LogP contribution in [0, 0.1) is 0 Å². The molecule has 2 rings (SSSR count). The quantitative estimate of drug-likeness (QED) is 0.520. The third-order valence-electron chi connectivity index (χ3n) is 2.88. The SMILES string of the molecule is CCNC(=S)N(Cc1ccccc1)N=Cc1ccccc1. The molecular weight excluding hydrogens is 278 g/mol. The molecule has 3 nitrogen and oxygen atoms in total. The molecule has 0 spiro atoms. The van der Waals surface area contributed by atoms with E-state index in [4.69, 9.17) is 12.2 Å². The minimum Gasteiger partial charge on any atom is -0.361 e. The number of nitrogens with zero attached hydrogens (tertiary/aromatic N) is 2. The third-order valence-corrected chi connectivity index (χ3v) is 3.24. The van der Waals surface area contributed by atoms with E-state index >= 15 is 0 Å². The molecule has 21 heavy (non-hydrogen) atoms. The molecule has 108 valence electrons. The van der Waals surface area contributed by atoms with Gasteiger partial charge in [-0.05, 0) is 30.3 Å². The van der Waals surface area contributed by atoms with Gasteiger partial charge in [0.05, 0.1) is 12.8 Å². The van der Waals surface area contributed by atoms with E-state index < -0.39 is 0 Å². The zero-order chi connectivity index (χ0) is 14.9. The molecule has 0 saturated carbocycles. The monoisotopic (exact) mass is 297 g/mol. The standard InChI is InChI=1S/C17H19N3S/c1-2-18-17(21)20(14-16-11-7-4-8-12-16)19-13-15-9-5-3-6-10-15/h3-13H,2,14H2,1H3,(H,18,21). The van der Waals surface area contributed by atoms with Crippen LogP contribution in [0.15, 0.2) is 65.8 Å². The normalized spacial score (nSPS) is 10.5. The first-order valence-electron chi connectivity index (χ1n) is 6.98. The van der Waals surface area contributed by atoms with Crippen molar-refractivity contribution in [2.24, 2.45) is 5.10 Å². The van der Waals surface area contributed by atoms with E-state index in [2.05, 4.69) is 22.6 Å².